The summed E-state index contributed by atoms with van der Waals surface area (Å²) in [6.07, 6.45) is 4.98. The van der Waals surface area contributed by atoms with Crippen LogP contribution in [0.1, 0.15) is 84.0 Å². The number of nitrogens with zero attached hydrogens (tertiary/aromatic N) is 1. The van der Waals surface area contributed by atoms with Crippen molar-refractivity contribution in [1.29, 1.82) is 0 Å². The number of primary sulfonamides is 1. The first kappa shape index (κ1) is 26.1. The molecular formula is C28H31F3N2O3S. The second kappa shape index (κ2) is 9.34. The number of sulfonamides is 1. The van der Waals surface area contributed by atoms with Crippen molar-refractivity contribution in [3.8, 4) is 0 Å². The number of aromatic nitrogens is 1. The average Bonchev–Trinajstić information content (AvgIpc) is 3.19. The molecule has 5 nitrogen and oxygen atoms in total. The van der Waals surface area contributed by atoms with Crippen molar-refractivity contribution in [3.05, 3.63) is 70.6 Å². The first-order valence-electron chi connectivity index (χ1n) is 12.8. The number of hydrogen-bond acceptors (Lipinski definition) is 4. The molecule has 3 aliphatic rings. The predicted molar refractivity (Wildman–Crippen MR) is 135 cm³/mol. The van der Waals surface area contributed by atoms with Gasteiger partial charge in [0.05, 0.1) is 11.3 Å². The Labute approximate surface area is 215 Å². The molecule has 1 aromatic carbocycles. The SMILES string of the molecule is C[C@]12CC[C@@H]3c4ccc(C(=O)CCCS(N)(=O)=O)cc4CC[C@H]3[C@@H]1CC=C2c1cncc(C(F)(F)F)c1. The van der Waals surface area contributed by atoms with Gasteiger partial charge in [-0.3, -0.25) is 9.78 Å². The molecule has 0 unspecified atom stereocenters. The number of nitrogens with two attached hydrogens (primary N) is 1. The first-order valence-corrected chi connectivity index (χ1v) is 14.5. The number of Topliss-reactive ketones (excluding diaryl/α,β-unsaturated/α-hetero) is 1. The number of halogens is 3. The third-order valence-corrected chi connectivity index (χ3v) is 9.70. The lowest BCUT2D eigenvalue weighted by molar-refractivity contribution is -0.137. The van der Waals surface area contributed by atoms with E-state index in [2.05, 4.69) is 24.1 Å². The Morgan fingerprint density at radius 3 is 2.70 bits per heavy atom. The standard InChI is InChI=1S/C28H31F3N2O3S/c1-27-11-10-22-21-6-5-18(26(34)3-2-12-37(32,35)36)13-17(21)4-7-23(22)25(27)9-8-24(27)19-14-20(16-33-15-19)28(29,30)31/h5-6,8,13-16,22-23,25H,2-4,7,9-12H2,1H3,(H2,32,35,36)/t22-,23-,25+,27-/m1/s1. The van der Waals surface area contributed by atoms with Gasteiger partial charge in [0.1, 0.15) is 0 Å². The molecule has 2 N–H and O–H groups in total. The maximum Gasteiger partial charge on any atom is 0.417 e. The highest BCUT2D eigenvalue weighted by atomic mass is 32.2. The van der Waals surface area contributed by atoms with Crippen LogP contribution in [-0.2, 0) is 22.6 Å². The van der Waals surface area contributed by atoms with Crippen LogP contribution in [0.5, 0.6) is 0 Å². The lowest BCUT2D eigenvalue weighted by Crippen LogP contribution is -2.41. The molecule has 198 valence electrons. The molecule has 1 fully saturated rings. The smallest absolute Gasteiger partial charge is 0.294 e. The van der Waals surface area contributed by atoms with E-state index in [0.29, 0.717) is 28.9 Å². The number of benzene rings is 1. The molecule has 3 aliphatic carbocycles. The van der Waals surface area contributed by atoms with E-state index in [1.165, 1.54) is 17.2 Å². The van der Waals surface area contributed by atoms with Gasteiger partial charge in [0.15, 0.2) is 5.78 Å². The molecule has 37 heavy (non-hydrogen) atoms. The third kappa shape index (κ3) is 5.00. The molecule has 2 aromatic rings. The van der Waals surface area contributed by atoms with Crippen LogP contribution in [0, 0.1) is 17.3 Å². The van der Waals surface area contributed by atoms with E-state index in [1.54, 1.807) is 6.20 Å². The summed E-state index contributed by atoms with van der Waals surface area (Å²) in [4.78, 5) is 16.5. The highest BCUT2D eigenvalue weighted by Crippen LogP contribution is 2.63. The zero-order valence-electron chi connectivity index (χ0n) is 20.7. The molecule has 0 spiro atoms. The second-order valence-electron chi connectivity index (χ2n) is 11.0. The van der Waals surface area contributed by atoms with Crippen LogP contribution in [0.15, 0.2) is 42.7 Å². The van der Waals surface area contributed by atoms with E-state index in [0.717, 1.165) is 43.9 Å². The lowest BCUT2D eigenvalue weighted by atomic mass is 9.54. The lowest BCUT2D eigenvalue weighted by Gasteiger charge is -2.50. The molecule has 5 rings (SSSR count). The van der Waals surface area contributed by atoms with Gasteiger partial charge in [0.2, 0.25) is 10.0 Å². The fraction of sp³-hybridized carbons (Fsp3) is 0.500. The molecule has 1 aromatic heterocycles. The summed E-state index contributed by atoms with van der Waals surface area (Å²) in [5, 5.41) is 5.03. The van der Waals surface area contributed by atoms with Crippen molar-refractivity contribution in [2.75, 3.05) is 5.75 Å². The minimum Gasteiger partial charge on any atom is -0.294 e. The van der Waals surface area contributed by atoms with Crippen LogP contribution in [0.2, 0.25) is 0 Å². The van der Waals surface area contributed by atoms with Gasteiger partial charge in [-0.05, 0) is 96.1 Å². The number of alkyl halides is 3. The Morgan fingerprint density at radius 2 is 1.97 bits per heavy atom. The van der Waals surface area contributed by atoms with Crippen LogP contribution in [0.4, 0.5) is 13.2 Å². The van der Waals surface area contributed by atoms with Crippen LogP contribution in [0.3, 0.4) is 0 Å². The topological polar surface area (TPSA) is 90.1 Å². The summed E-state index contributed by atoms with van der Waals surface area (Å²) in [5.74, 6) is 0.851. The maximum absolute atomic E-state index is 13.3. The number of carbonyl (C=O) groups excluding carboxylic acids is 1. The van der Waals surface area contributed by atoms with Gasteiger partial charge in [-0.15, -0.1) is 0 Å². The fourth-order valence-electron chi connectivity index (χ4n) is 7.09. The predicted octanol–water partition coefficient (Wildman–Crippen LogP) is 5.90. The van der Waals surface area contributed by atoms with E-state index in [4.69, 9.17) is 5.14 Å². The highest BCUT2D eigenvalue weighted by molar-refractivity contribution is 7.89. The molecule has 0 saturated heterocycles. The number of fused-ring (bicyclic) bond motifs is 5. The summed E-state index contributed by atoms with van der Waals surface area (Å²) in [6.45, 7) is 2.20. The van der Waals surface area contributed by atoms with Gasteiger partial charge in [0.25, 0.3) is 0 Å². The Balaban J connectivity index is 1.33. The van der Waals surface area contributed by atoms with E-state index < -0.39 is 21.8 Å². The minimum absolute atomic E-state index is 0.0795. The summed E-state index contributed by atoms with van der Waals surface area (Å²) >= 11 is 0. The van der Waals surface area contributed by atoms with E-state index >= 15 is 0 Å². The van der Waals surface area contributed by atoms with Crippen molar-refractivity contribution >= 4 is 21.4 Å². The fourth-order valence-corrected chi connectivity index (χ4v) is 7.64. The molecule has 1 saturated carbocycles. The summed E-state index contributed by atoms with van der Waals surface area (Å²) < 4.78 is 62.3. The molecule has 4 atom stereocenters. The first-order chi connectivity index (χ1) is 17.4. The number of allylic oxidation sites excluding steroid dienone is 2. The molecule has 0 bridgehead atoms. The van der Waals surface area contributed by atoms with Crippen molar-refractivity contribution in [1.82, 2.24) is 4.98 Å². The molecule has 1 heterocycles. The Morgan fingerprint density at radius 1 is 1.19 bits per heavy atom. The number of carbonyl (C=O) groups is 1. The van der Waals surface area contributed by atoms with E-state index in [9.17, 15) is 26.4 Å². The number of hydrogen-bond donors (Lipinski definition) is 1. The van der Waals surface area contributed by atoms with Crippen molar-refractivity contribution in [2.24, 2.45) is 22.4 Å². The zero-order chi connectivity index (χ0) is 26.6. The van der Waals surface area contributed by atoms with Crippen LogP contribution in [0.25, 0.3) is 5.57 Å². The molecule has 9 heteroatoms. The zero-order valence-corrected chi connectivity index (χ0v) is 21.5. The van der Waals surface area contributed by atoms with Crippen molar-refractivity contribution < 1.29 is 26.4 Å². The molecule has 0 amide bonds. The molecular weight excluding hydrogens is 501 g/mol. The van der Waals surface area contributed by atoms with E-state index in [1.807, 2.05) is 12.1 Å². The summed E-state index contributed by atoms with van der Waals surface area (Å²) in [6, 6.07) is 7.10. The van der Waals surface area contributed by atoms with Crippen LogP contribution < -0.4 is 5.14 Å². The Hall–Kier alpha value is -2.52. The summed E-state index contributed by atoms with van der Waals surface area (Å²) in [5.41, 5.74) is 3.70. The van der Waals surface area contributed by atoms with Gasteiger partial charge < -0.3 is 0 Å². The van der Waals surface area contributed by atoms with Gasteiger partial charge in [-0.25, -0.2) is 13.6 Å². The van der Waals surface area contributed by atoms with Gasteiger partial charge in [-0.1, -0.05) is 25.1 Å². The number of aryl methyl sites for hydroxylation is 1. The Bertz CT molecular complexity index is 1370. The average molecular weight is 533 g/mol. The van der Waals surface area contributed by atoms with Crippen LogP contribution >= 0.6 is 0 Å². The second-order valence-corrected chi connectivity index (χ2v) is 12.7. The summed E-state index contributed by atoms with van der Waals surface area (Å²) in [7, 11) is -3.58. The van der Waals surface area contributed by atoms with Crippen LogP contribution in [-0.4, -0.2) is 24.9 Å². The van der Waals surface area contributed by atoms with Gasteiger partial charge in [0, 0.05) is 24.4 Å². The molecule has 0 radical (unpaired) electrons. The largest absolute Gasteiger partial charge is 0.417 e. The van der Waals surface area contributed by atoms with E-state index in [-0.39, 0.29) is 29.8 Å². The Kier molecular flexibility index (Phi) is 6.59. The quantitative estimate of drug-likeness (QED) is 0.469. The number of pyridine rings is 1. The highest BCUT2D eigenvalue weighted by Gasteiger charge is 2.52. The minimum atomic E-state index is -4.42. The van der Waals surface area contributed by atoms with Gasteiger partial charge in [-0.2, -0.15) is 13.2 Å². The number of rotatable bonds is 6. The van der Waals surface area contributed by atoms with Gasteiger partial charge >= 0.3 is 6.18 Å². The van der Waals surface area contributed by atoms with Crippen molar-refractivity contribution in [2.45, 2.75) is 64.0 Å². The monoisotopic (exact) mass is 532 g/mol. The maximum atomic E-state index is 13.3. The van der Waals surface area contributed by atoms with Crippen molar-refractivity contribution in [3.63, 3.8) is 0 Å². The molecule has 0 aliphatic heterocycles. The normalized spacial score (nSPS) is 27.2. The number of ketones is 1. The third-order valence-electron chi connectivity index (χ3n) is 8.84.